The van der Waals surface area contributed by atoms with Gasteiger partial charge in [-0.1, -0.05) is 35.9 Å². The number of phenolic OH excluding ortho intramolecular Hbond substituents is 1. The first kappa shape index (κ1) is 13.1. The fourth-order valence-corrected chi connectivity index (χ4v) is 2.03. The molecule has 19 heavy (non-hydrogen) atoms. The zero-order valence-corrected chi connectivity index (χ0v) is 10.8. The molecule has 2 aromatic rings. The molecular weight excluding hydrogens is 240 g/mol. The molecule has 2 aromatic carbocycles. The molecule has 0 spiro atoms. The number of rotatable bonds is 4. The van der Waals surface area contributed by atoms with Crippen LogP contribution in [0, 0.1) is 6.92 Å². The van der Waals surface area contributed by atoms with E-state index in [2.05, 4.69) is 0 Å². The maximum absolute atomic E-state index is 10.6. The highest BCUT2D eigenvalue weighted by molar-refractivity contribution is 5.71. The molecule has 0 aliphatic heterocycles. The van der Waals surface area contributed by atoms with Crippen molar-refractivity contribution in [2.24, 2.45) is 0 Å². The number of aliphatic carboxylic acids is 1. The number of phenols is 1. The highest BCUT2D eigenvalue weighted by Gasteiger charge is 2.06. The van der Waals surface area contributed by atoms with Crippen LogP contribution >= 0.6 is 0 Å². The van der Waals surface area contributed by atoms with E-state index in [4.69, 9.17) is 5.11 Å². The van der Waals surface area contributed by atoms with Crippen LogP contribution in [0.4, 0.5) is 0 Å². The third kappa shape index (κ3) is 3.35. The van der Waals surface area contributed by atoms with Crippen LogP contribution in [-0.4, -0.2) is 16.2 Å². The van der Waals surface area contributed by atoms with E-state index in [0.717, 1.165) is 22.3 Å². The fourth-order valence-electron chi connectivity index (χ4n) is 2.03. The summed E-state index contributed by atoms with van der Waals surface area (Å²) in [6.07, 6.45) is 0.610. The number of aromatic hydroxyl groups is 1. The Morgan fingerprint density at radius 2 is 1.95 bits per heavy atom. The fraction of sp³-hybridized carbons (Fsp3) is 0.188. The summed E-state index contributed by atoms with van der Waals surface area (Å²) < 4.78 is 0. The van der Waals surface area contributed by atoms with E-state index in [1.54, 1.807) is 6.07 Å². The number of hydrogen-bond donors (Lipinski definition) is 2. The second-order valence-corrected chi connectivity index (χ2v) is 4.61. The van der Waals surface area contributed by atoms with Gasteiger partial charge in [-0.25, -0.2) is 0 Å². The van der Waals surface area contributed by atoms with E-state index in [1.165, 1.54) is 0 Å². The molecule has 0 aliphatic carbocycles. The zero-order valence-electron chi connectivity index (χ0n) is 10.8. The van der Waals surface area contributed by atoms with Crippen LogP contribution in [0.2, 0.25) is 0 Å². The molecule has 2 rings (SSSR count). The van der Waals surface area contributed by atoms with Gasteiger partial charge in [0.25, 0.3) is 0 Å². The number of aryl methyl sites for hydroxylation is 2. The Balaban J connectivity index is 2.32. The third-order valence-electron chi connectivity index (χ3n) is 3.02. The van der Waals surface area contributed by atoms with Gasteiger partial charge in [-0.05, 0) is 36.6 Å². The minimum Gasteiger partial charge on any atom is -0.507 e. The number of hydrogen-bond acceptors (Lipinski definition) is 2. The Bertz CT molecular complexity index is 603. The number of carbonyl (C=O) groups is 1. The van der Waals surface area contributed by atoms with Gasteiger partial charge in [-0.15, -0.1) is 0 Å². The van der Waals surface area contributed by atoms with Crippen molar-refractivity contribution in [2.45, 2.75) is 19.8 Å². The van der Waals surface area contributed by atoms with Crippen molar-refractivity contribution in [1.29, 1.82) is 0 Å². The smallest absolute Gasteiger partial charge is 0.303 e. The van der Waals surface area contributed by atoms with Crippen molar-refractivity contribution in [3.05, 3.63) is 53.6 Å². The van der Waals surface area contributed by atoms with Crippen LogP contribution in [0.15, 0.2) is 42.5 Å². The average Bonchev–Trinajstić information content (AvgIpc) is 2.39. The van der Waals surface area contributed by atoms with E-state index in [-0.39, 0.29) is 12.2 Å². The Kier molecular flexibility index (Phi) is 3.85. The van der Waals surface area contributed by atoms with Crippen molar-refractivity contribution in [2.75, 3.05) is 0 Å². The molecule has 3 heteroatoms. The molecule has 0 bridgehead atoms. The van der Waals surface area contributed by atoms with E-state index in [0.29, 0.717) is 6.42 Å². The first-order chi connectivity index (χ1) is 9.06. The van der Waals surface area contributed by atoms with Gasteiger partial charge in [0.2, 0.25) is 0 Å². The minimum absolute atomic E-state index is 0.114. The summed E-state index contributed by atoms with van der Waals surface area (Å²) in [7, 11) is 0. The van der Waals surface area contributed by atoms with Gasteiger partial charge >= 0.3 is 5.97 Å². The topological polar surface area (TPSA) is 57.5 Å². The lowest BCUT2D eigenvalue weighted by atomic mass is 9.99. The lowest BCUT2D eigenvalue weighted by molar-refractivity contribution is -0.136. The molecule has 3 nitrogen and oxygen atoms in total. The number of carboxylic acid groups (broad SMARTS) is 1. The Morgan fingerprint density at radius 1 is 1.16 bits per heavy atom. The summed E-state index contributed by atoms with van der Waals surface area (Å²) in [6, 6.07) is 13.1. The van der Waals surface area contributed by atoms with Crippen LogP contribution in [0.1, 0.15) is 17.5 Å². The number of carboxylic acids is 1. The molecule has 0 aromatic heterocycles. The summed E-state index contributed by atoms with van der Waals surface area (Å²) in [5, 5.41) is 18.6. The van der Waals surface area contributed by atoms with Crippen molar-refractivity contribution in [3.63, 3.8) is 0 Å². The summed E-state index contributed by atoms with van der Waals surface area (Å²) in [6.45, 7) is 1.97. The SMILES string of the molecule is Cc1ccc(O)c(-c2cccc(CCC(=O)O)c2)c1. The van der Waals surface area contributed by atoms with Crippen molar-refractivity contribution < 1.29 is 15.0 Å². The van der Waals surface area contributed by atoms with Gasteiger partial charge < -0.3 is 10.2 Å². The minimum atomic E-state index is -0.802. The predicted molar refractivity (Wildman–Crippen MR) is 74.2 cm³/mol. The molecule has 0 amide bonds. The molecular formula is C16H16O3. The van der Waals surface area contributed by atoms with Crippen LogP contribution in [0.5, 0.6) is 5.75 Å². The molecule has 0 radical (unpaired) electrons. The summed E-state index contributed by atoms with van der Waals surface area (Å²) in [5.41, 5.74) is 3.71. The molecule has 0 saturated heterocycles. The summed E-state index contributed by atoms with van der Waals surface area (Å²) >= 11 is 0. The van der Waals surface area contributed by atoms with Gasteiger partial charge in [0.05, 0.1) is 0 Å². The van der Waals surface area contributed by atoms with Gasteiger partial charge in [0.15, 0.2) is 0 Å². The molecule has 2 N–H and O–H groups in total. The Labute approximate surface area is 112 Å². The second kappa shape index (κ2) is 5.57. The van der Waals surface area contributed by atoms with Crippen LogP contribution in [-0.2, 0) is 11.2 Å². The average molecular weight is 256 g/mol. The third-order valence-corrected chi connectivity index (χ3v) is 3.02. The second-order valence-electron chi connectivity index (χ2n) is 4.61. The van der Waals surface area contributed by atoms with Gasteiger partial charge in [0.1, 0.15) is 5.75 Å². The van der Waals surface area contributed by atoms with Gasteiger partial charge in [-0.2, -0.15) is 0 Å². The lowest BCUT2D eigenvalue weighted by Gasteiger charge is -2.08. The zero-order chi connectivity index (χ0) is 13.8. The highest BCUT2D eigenvalue weighted by Crippen LogP contribution is 2.30. The molecule has 0 saturated carbocycles. The van der Waals surface area contributed by atoms with E-state index in [1.807, 2.05) is 43.3 Å². The van der Waals surface area contributed by atoms with Gasteiger partial charge in [0, 0.05) is 12.0 Å². The predicted octanol–water partition coefficient (Wildman–Crippen LogP) is 3.38. The number of benzene rings is 2. The largest absolute Gasteiger partial charge is 0.507 e. The molecule has 0 heterocycles. The lowest BCUT2D eigenvalue weighted by Crippen LogP contribution is -1.97. The van der Waals surface area contributed by atoms with Crippen LogP contribution in [0.25, 0.3) is 11.1 Å². The molecule has 0 fully saturated rings. The quantitative estimate of drug-likeness (QED) is 0.881. The normalized spacial score (nSPS) is 10.4. The highest BCUT2D eigenvalue weighted by atomic mass is 16.4. The van der Waals surface area contributed by atoms with Crippen LogP contribution in [0.3, 0.4) is 0 Å². The monoisotopic (exact) mass is 256 g/mol. The molecule has 0 aliphatic rings. The van der Waals surface area contributed by atoms with E-state index >= 15 is 0 Å². The standard InChI is InChI=1S/C16H16O3/c1-11-5-7-15(17)14(9-11)13-4-2-3-12(10-13)6-8-16(18)19/h2-5,7,9-10,17H,6,8H2,1H3,(H,18,19). The van der Waals surface area contributed by atoms with E-state index in [9.17, 15) is 9.90 Å². The molecule has 0 atom stereocenters. The first-order valence-electron chi connectivity index (χ1n) is 6.17. The van der Waals surface area contributed by atoms with E-state index < -0.39 is 5.97 Å². The van der Waals surface area contributed by atoms with Crippen LogP contribution < -0.4 is 0 Å². The van der Waals surface area contributed by atoms with Crippen molar-refractivity contribution in [1.82, 2.24) is 0 Å². The molecule has 98 valence electrons. The summed E-state index contributed by atoms with van der Waals surface area (Å²) in [5.74, 6) is -0.565. The molecule has 0 unspecified atom stereocenters. The maximum Gasteiger partial charge on any atom is 0.303 e. The summed E-state index contributed by atoms with van der Waals surface area (Å²) in [4.78, 5) is 10.6. The van der Waals surface area contributed by atoms with Crippen molar-refractivity contribution >= 4 is 5.97 Å². The van der Waals surface area contributed by atoms with Gasteiger partial charge in [-0.3, -0.25) is 4.79 Å². The maximum atomic E-state index is 10.6. The first-order valence-corrected chi connectivity index (χ1v) is 6.17. The Morgan fingerprint density at radius 3 is 2.68 bits per heavy atom. The Hall–Kier alpha value is -2.29. The van der Waals surface area contributed by atoms with Crippen molar-refractivity contribution in [3.8, 4) is 16.9 Å².